The molecule has 0 heterocycles. The van der Waals surface area contributed by atoms with Crippen LogP contribution in [0.25, 0.3) is 0 Å². The average Bonchev–Trinajstić information content (AvgIpc) is 2.35. The van der Waals surface area contributed by atoms with Crippen molar-refractivity contribution in [1.29, 1.82) is 0 Å². The summed E-state index contributed by atoms with van der Waals surface area (Å²) in [5.74, 6) is 0. The molecule has 7 nitrogen and oxygen atoms in total. The summed E-state index contributed by atoms with van der Waals surface area (Å²) in [6, 6.07) is 0. The molecule has 0 aromatic rings. The Morgan fingerprint density at radius 2 is 0.348 bits per heavy atom. The molecule has 0 saturated heterocycles. The molecule has 0 rings (SSSR count). The number of rotatable bonds is 0. The molecular weight excluding hydrogens is 335 g/mol. The first kappa shape index (κ1) is 56.6. The van der Waals surface area contributed by atoms with E-state index in [4.69, 9.17) is 35.7 Å². The average molecular weight is 370 g/mol. The molecule has 0 aromatic carbocycles. The van der Waals surface area contributed by atoms with Crippen LogP contribution in [0, 0.1) is 0 Å². The van der Waals surface area contributed by atoms with Gasteiger partial charge >= 0.3 is 28.3 Å². The first-order chi connectivity index (χ1) is 9.90. The van der Waals surface area contributed by atoms with Gasteiger partial charge in [0.2, 0.25) is 0 Å². The summed E-state index contributed by atoms with van der Waals surface area (Å²) in [4.78, 5) is 0. The Bertz CT molecular complexity index is 50.7. The van der Waals surface area contributed by atoms with E-state index in [1.165, 1.54) is 0 Å². The third kappa shape index (κ3) is 42700. The van der Waals surface area contributed by atoms with Crippen molar-refractivity contribution in [2.45, 2.75) is 48.5 Å². The molecule has 0 unspecified atom stereocenters. The van der Waals surface area contributed by atoms with Crippen LogP contribution in [-0.2, 0) is 0 Å². The number of hydrogen-bond acceptors (Lipinski definition) is 7. The fourth-order valence-corrected chi connectivity index (χ4v) is 0. The number of hydrogen-bond donors (Lipinski definition) is 0. The summed E-state index contributed by atoms with van der Waals surface area (Å²) < 4.78 is 0. The zero-order valence-corrected chi connectivity index (χ0v) is 18.0. The molecule has 0 aliphatic heterocycles. The van der Waals surface area contributed by atoms with Gasteiger partial charge in [0.25, 0.3) is 0 Å². The Hall–Kier alpha value is 0.469. The van der Waals surface area contributed by atoms with Crippen molar-refractivity contribution in [1.82, 2.24) is 0 Å². The minimum Gasteiger partial charge on any atom is -0.855 e. The maximum Gasteiger partial charge on any atom is 4.00 e. The van der Waals surface area contributed by atoms with E-state index in [1.54, 1.807) is 48.5 Å². The van der Waals surface area contributed by atoms with E-state index >= 15 is 0 Å². The molecule has 0 aliphatic carbocycles. The standard InChI is InChI=1S/7C2H5O.Al.Si/c7*1-2-3;;/h7*2H2,1H3;;/q7*-1;+3;+4. The zero-order chi connectivity index (χ0) is 18.9. The van der Waals surface area contributed by atoms with E-state index in [9.17, 15) is 0 Å². The first-order valence-electron chi connectivity index (χ1n) is 6.97. The maximum atomic E-state index is 8.93. The fraction of sp³-hybridized carbons (Fsp3) is 1.00. The van der Waals surface area contributed by atoms with E-state index in [0.29, 0.717) is 0 Å². The summed E-state index contributed by atoms with van der Waals surface area (Å²) in [6.45, 7) is 11.0. The van der Waals surface area contributed by atoms with E-state index in [-0.39, 0.29) is 74.6 Å². The van der Waals surface area contributed by atoms with Crippen molar-refractivity contribution in [2.24, 2.45) is 0 Å². The molecule has 9 heteroatoms. The van der Waals surface area contributed by atoms with Gasteiger partial charge < -0.3 is 35.7 Å². The van der Waals surface area contributed by atoms with Gasteiger partial charge in [0.1, 0.15) is 0 Å². The molecule has 0 aromatic heterocycles. The van der Waals surface area contributed by atoms with Gasteiger partial charge in [-0.15, -0.1) is 46.2 Å². The molecule has 0 N–H and O–H groups in total. The van der Waals surface area contributed by atoms with Gasteiger partial charge in [0.15, 0.2) is 0 Å². The van der Waals surface area contributed by atoms with Crippen LogP contribution in [0.3, 0.4) is 0 Å². The smallest absolute Gasteiger partial charge is 0.855 e. The SMILES string of the molecule is CC[O-].CC[O-].CC[O-].CC[O-].CC[O-].CC[O-].CC[O-].[Al+3].[Si+4]. The van der Waals surface area contributed by atoms with Gasteiger partial charge in [0.05, 0.1) is 0 Å². The molecule has 0 spiro atoms. The van der Waals surface area contributed by atoms with Gasteiger partial charge in [-0.2, -0.15) is 0 Å². The summed E-state index contributed by atoms with van der Waals surface area (Å²) in [5, 5.41) is 62.5. The minimum atomic E-state index is 0. The van der Waals surface area contributed by atoms with E-state index in [1.807, 2.05) is 0 Å². The van der Waals surface area contributed by atoms with Gasteiger partial charge in [-0.05, 0) is 0 Å². The van der Waals surface area contributed by atoms with Gasteiger partial charge in [-0.25, -0.2) is 0 Å². The Labute approximate surface area is 159 Å². The van der Waals surface area contributed by atoms with Gasteiger partial charge in [-0.3, -0.25) is 0 Å². The van der Waals surface area contributed by atoms with Crippen LogP contribution in [0.1, 0.15) is 48.5 Å². The summed E-state index contributed by atoms with van der Waals surface area (Å²) in [5.41, 5.74) is 0. The topological polar surface area (TPSA) is 161 Å². The van der Waals surface area contributed by atoms with Crippen molar-refractivity contribution in [3.8, 4) is 0 Å². The third-order valence-corrected chi connectivity index (χ3v) is 0. The van der Waals surface area contributed by atoms with Crippen molar-refractivity contribution in [2.75, 3.05) is 46.2 Å². The van der Waals surface area contributed by atoms with Crippen molar-refractivity contribution >= 4 is 28.3 Å². The Kier molecular flexibility index (Phi) is 457. The van der Waals surface area contributed by atoms with Gasteiger partial charge in [0, 0.05) is 0 Å². The Morgan fingerprint density at radius 3 is 0.348 bits per heavy atom. The van der Waals surface area contributed by atoms with E-state index in [2.05, 4.69) is 0 Å². The second-order valence-electron chi connectivity index (χ2n) is 2.02. The predicted octanol–water partition coefficient (Wildman–Crippen LogP) is -5.20. The molecule has 0 radical (unpaired) electrons. The van der Waals surface area contributed by atoms with E-state index in [0.717, 1.165) is 0 Å². The normalized spacial score (nSPS) is 5.48. The molecule has 0 fully saturated rings. The summed E-state index contributed by atoms with van der Waals surface area (Å²) >= 11 is 0. The van der Waals surface area contributed by atoms with Gasteiger partial charge in [-0.1, -0.05) is 48.5 Å². The van der Waals surface area contributed by atoms with Crippen LogP contribution in [-0.4, -0.2) is 74.6 Å². The predicted molar refractivity (Wildman–Crippen MR) is 85.3 cm³/mol. The molecule has 0 bridgehead atoms. The third-order valence-electron chi connectivity index (χ3n) is 0. The van der Waals surface area contributed by atoms with Crippen LogP contribution in [0.2, 0.25) is 0 Å². The molecule has 0 atom stereocenters. The van der Waals surface area contributed by atoms with Crippen LogP contribution in [0.5, 0.6) is 0 Å². The first-order valence-corrected chi connectivity index (χ1v) is 6.97. The second-order valence-corrected chi connectivity index (χ2v) is 2.02. The maximum absolute atomic E-state index is 8.93. The monoisotopic (exact) mass is 370 g/mol. The second kappa shape index (κ2) is 186. The van der Waals surface area contributed by atoms with Crippen LogP contribution in [0.4, 0.5) is 0 Å². The summed E-state index contributed by atoms with van der Waals surface area (Å²) in [6.07, 6.45) is 0. The zero-order valence-electron chi connectivity index (χ0n) is 15.9. The molecule has 23 heavy (non-hydrogen) atoms. The van der Waals surface area contributed by atoms with Crippen LogP contribution in [0.15, 0.2) is 0 Å². The fourth-order valence-electron chi connectivity index (χ4n) is 0. The quantitative estimate of drug-likeness (QED) is 0.385. The molecule has 0 saturated carbocycles. The van der Waals surface area contributed by atoms with Crippen LogP contribution < -0.4 is 35.7 Å². The Morgan fingerprint density at radius 1 is 0.348 bits per heavy atom. The van der Waals surface area contributed by atoms with Crippen molar-refractivity contribution in [3.05, 3.63) is 0 Å². The van der Waals surface area contributed by atoms with E-state index < -0.39 is 0 Å². The van der Waals surface area contributed by atoms with Crippen molar-refractivity contribution in [3.63, 3.8) is 0 Å². The molecule has 140 valence electrons. The van der Waals surface area contributed by atoms with Crippen LogP contribution >= 0.6 is 0 Å². The molecule has 0 amide bonds. The minimum absolute atomic E-state index is 0. The Balaban J connectivity index is -0.0000000140. The molecular formula is C14H35AlO7Si. The van der Waals surface area contributed by atoms with Crippen molar-refractivity contribution < 1.29 is 35.7 Å². The summed E-state index contributed by atoms with van der Waals surface area (Å²) in [7, 11) is 0. The largest absolute Gasteiger partial charge is 4.00 e. The molecule has 0 aliphatic rings.